The number of ether oxygens (including phenoxy) is 1. The van der Waals surface area contributed by atoms with Crippen molar-refractivity contribution in [2.75, 3.05) is 37.6 Å². The van der Waals surface area contributed by atoms with E-state index in [1.54, 1.807) is 24.1 Å². The molecule has 42 heavy (non-hydrogen) atoms. The van der Waals surface area contributed by atoms with E-state index in [1.807, 2.05) is 11.0 Å². The van der Waals surface area contributed by atoms with Crippen LogP contribution in [0.2, 0.25) is 5.02 Å². The number of hydrogen-bond acceptors (Lipinski definition) is 7. The number of carbonyl (C=O) groups excluding carboxylic acids is 2. The number of nitriles is 1. The molecule has 12 heteroatoms. The van der Waals surface area contributed by atoms with E-state index in [4.69, 9.17) is 21.6 Å². The summed E-state index contributed by atoms with van der Waals surface area (Å²) in [5.74, 6) is -0.806. The van der Waals surface area contributed by atoms with E-state index in [9.17, 15) is 18.4 Å². The lowest BCUT2D eigenvalue weighted by atomic mass is 9.93. The minimum Gasteiger partial charge on any atom is -0.410 e. The van der Waals surface area contributed by atoms with E-state index in [1.165, 1.54) is 47.5 Å². The Morgan fingerprint density at radius 2 is 1.83 bits per heavy atom. The van der Waals surface area contributed by atoms with Crippen molar-refractivity contribution in [1.82, 2.24) is 19.8 Å². The van der Waals surface area contributed by atoms with Crippen LogP contribution in [0, 0.1) is 28.9 Å². The summed E-state index contributed by atoms with van der Waals surface area (Å²) >= 11 is 5.94. The van der Waals surface area contributed by atoms with Crippen LogP contribution in [0.1, 0.15) is 36.9 Å². The van der Waals surface area contributed by atoms with Gasteiger partial charge in [0.25, 0.3) is 0 Å². The van der Waals surface area contributed by atoms with Crippen LogP contribution in [-0.2, 0) is 4.79 Å². The molecule has 2 atom stereocenters. The normalized spacial score (nSPS) is 18.9. The fourth-order valence-corrected chi connectivity index (χ4v) is 5.79. The summed E-state index contributed by atoms with van der Waals surface area (Å²) in [5.41, 5.74) is 0.865. The van der Waals surface area contributed by atoms with Gasteiger partial charge in [0, 0.05) is 44.6 Å². The molecule has 9 nitrogen and oxygen atoms in total. The molecule has 2 aromatic carbocycles. The maximum absolute atomic E-state index is 14.5. The highest BCUT2D eigenvalue weighted by Crippen LogP contribution is 2.35. The molecule has 0 radical (unpaired) electrons. The average Bonchev–Trinajstić information content (AvgIpc) is 3.45. The van der Waals surface area contributed by atoms with Gasteiger partial charge in [0.2, 0.25) is 5.91 Å². The Hall–Kier alpha value is -4.30. The van der Waals surface area contributed by atoms with Crippen molar-refractivity contribution in [3.63, 3.8) is 0 Å². The molecule has 2 aliphatic rings. The van der Waals surface area contributed by atoms with Gasteiger partial charge < -0.3 is 19.4 Å². The van der Waals surface area contributed by atoms with Crippen LogP contribution in [0.25, 0.3) is 0 Å². The van der Waals surface area contributed by atoms with Gasteiger partial charge in [-0.15, -0.1) is 0 Å². The summed E-state index contributed by atoms with van der Waals surface area (Å²) in [7, 11) is 0. The fraction of sp³-hybridized carbons (Fsp3) is 0.367. The molecule has 218 valence electrons. The van der Waals surface area contributed by atoms with Gasteiger partial charge in [-0.05, 0) is 61.7 Å². The minimum absolute atomic E-state index is 0.0111. The Labute approximate surface area is 247 Å². The third-order valence-electron chi connectivity index (χ3n) is 7.89. The first kappa shape index (κ1) is 29.2. The van der Waals surface area contributed by atoms with Crippen LogP contribution < -0.4 is 9.64 Å². The van der Waals surface area contributed by atoms with Crippen molar-refractivity contribution in [1.29, 1.82) is 5.26 Å². The molecule has 2 fully saturated rings. The summed E-state index contributed by atoms with van der Waals surface area (Å²) in [6.45, 7) is 3.84. The van der Waals surface area contributed by atoms with Crippen molar-refractivity contribution in [2.45, 2.75) is 31.7 Å². The highest BCUT2D eigenvalue weighted by molar-refractivity contribution is 6.30. The van der Waals surface area contributed by atoms with Crippen molar-refractivity contribution in [2.24, 2.45) is 5.92 Å². The molecule has 1 aromatic heterocycles. The van der Waals surface area contributed by atoms with Crippen molar-refractivity contribution in [3.05, 3.63) is 82.8 Å². The molecule has 3 aromatic rings. The molecule has 0 spiro atoms. The Kier molecular flexibility index (Phi) is 8.83. The number of aromatic nitrogens is 2. The number of carbonyl (C=O) groups is 2. The first-order valence-corrected chi connectivity index (χ1v) is 14.1. The van der Waals surface area contributed by atoms with Gasteiger partial charge in [0.05, 0.1) is 23.5 Å². The van der Waals surface area contributed by atoms with Gasteiger partial charge >= 0.3 is 6.09 Å². The van der Waals surface area contributed by atoms with E-state index in [0.29, 0.717) is 43.9 Å². The molecule has 3 heterocycles. The lowest BCUT2D eigenvalue weighted by Crippen LogP contribution is -2.47. The zero-order chi connectivity index (χ0) is 29.8. The Balaban J connectivity index is 1.32. The third-order valence-corrected chi connectivity index (χ3v) is 8.19. The van der Waals surface area contributed by atoms with E-state index in [-0.39, 0.29) is 47.3 Å². The van der Waals surface area contributed by atoms with Crippen LogP contribution in [0.3, 0.4) is 0 Å². The number of hydrogen-bond donors (Lipinski definition) is 0. The zero-order valence-corrected chi connectivity index (χ0v) is 23.7. The standard InChI is InChI=1S/C30H29ClF2N6O3/c1-2-39(30(41)42-23-6-4-21(32)5-7-23)27-18-38(17-24(27)20-3-8-25(31)26(33)13-20)29(40)19-9-11-37(12-10-19)28-16-35-22(14-34)15-36-28/h3-8,13,15-16,19,24,27H,2,9-12,17-18H2,1H3. The lowest BCUT2D eigenvalue weighted by molar-refractivity contribution is -0.135. The van der Waals surface area contributed by atoms with E-state index in [0.717, 1.165) is 0 Å². The largest absolute Gasteiger partial charge is 0.415 e. The second-order valence-electron chi connectivity index (χ2n) is 10.3. The summed E-state index contributed by atoms with van der Waals surface area (Å²) in [5, 5.41) is 8.95. The minimum atomic E-state index is -0.639. The lowest BCUT2D eigenvalue weighted by Gasteiger charge is -2.34. The molecular weight excluding hydrogens is 566 g/mol. The molecule has 2 unspecified atom stereocenters. The van der Waals surface area contributed by atoms with Gasteiger partial charge in [-0.3, -0.25) is 4.79 Å². The Morgan fingerprint density at radius 3 is 2.45 bits per heavy atom. The van der Waals surface area contributed by atoms with Gasteiger partial charge in [0.15, 0.2) is 5.69 Å². The van der Waals surface area contributed by atoms with Gasteiger partial charge in [-0.1, -0.05) is 17.7 Å². The van der Waals surface area contributed by atoms with Crippen LogP contribution in [0.5, 0.6) is 5.75 Å². The molecule has 0 bridgehead atoms. The number of amides is 2. The second-order valence-corrected chi connectivity index (χ2v) is 10.7. The third kappa shape index (κ3) is 6.29. The predicted molar refractivity (Wildman–Crippen MR) is 151 cm³/mol. The number of nitrogens with zero attached hydrogens (tertiary/aromatic N) is 6. The van der Waals surface area contributed by atoms with Crippen LogP contribution in [0.15, 0.2) is 54.9 Å². The maximum Gasteiger partial charge on any atom is 0.415 e. The van der Waals surface area contributed by atoms with E-state index in [2.05, 4.69) is 9.97 Å². The first-order valence-electron chi connectivity index (χ1n) is 13.7. The summed E-state index contributed by atoms with van der Waals surface area (Å²) in [6.07, 6.45) is 3.56. The van der Waals surface area contributed by atoms with Gasteiger partial charge in [-0.25, -0.2) is 23.5 Å². The molecule has 0 saturated carbocycles. The summed E-state index contributed by atoms with van der Waals surface area (Å²) in [6, 6.07) is 11.1. The number of likely N-dealkylation sites (tertiary alicyclic amines) is 1. The topological polar surface area (TPSA) is 103 Å². The molecule has 2 aliphatic heterocycles. The van der Waals surface area contributed by atoms with Crippen LogP contribution in [0.4, 0.5) is 19.4 Å². The van der Waals surface area contributed by atoms with Crippen LogP contribution in [-0.4, -0.2) is 70.5 Å². The van der Waals surface area contributed by atoms with Crippen molar-refractivity contribution in [3.8, 4) is 11.8 Å². The van der Waals surface area contributed by atoms with E-state index >= 15 is 0 Å². The highest BCUT2D eigenvalue weighted by Gasteiger charge is 2.43. The fourth-order valence-electron chi connectivity index (χ4n) is 5.67. The van der Waals surface area contributed by atoms with Gasteiger partial charge in [-0.2, -0.15) is 5.26 Å². The average molecular weight is 595 g/mol. The SMILES string of the molecule is CCN(C(=O)Oc1ccc(F)cc1)C1CN(C(=O)C2CCN(c3cnc(C#N)cn3)CC2)CC1c1ccc(Cl)c(F)c1. The second kappa shape index (κ2) is 12.7. The molecule has 5 rings (SSSR count). The number of likely N-dealkylation sites (N-methyl/N-ethyl adjacent to an activating group) is 1. The maximum atomic E-state index is 14.5. The first-order chi connectivity index (χ1) is 20.3. The number of piperidine rings is 1. The zero-order valence-electron chi connectivity index (χ0n) is 22.9. The highest BCUT2D eigenvalue weighted by atomic mass is 35.5. The molecule has 0 aliphatic carbocycles. The monoisotopic (exact) mass is 594 g/mol. The molecular formula is C30H29ClF2N6O3. The summed E-state index contributed by atoms with van der Waals surface area (Å²) in [4.78, 5) is 40.7. The van der Waals surface area contributed by atoms with E-state index < -0.39 is 23.8 Å². The predicted octanol–water partition coefficient (Wildman–Crippen LogP) is 5.01. The number of halogens is 3. The number of benzene rings is 2. The van der Waals surface area contributed by atoms with Gasteiger partial charge in [0.1, 0.15) is 29.3 Å². The Bertz CT molecular complexity index is 1480. The summed E-state index contributed by atoms with van der Waals surface area (Å²) < 4.78 is 33.4. The number of rotatable bonds is 6. The molecule has 2 amide bonds. The number of anilines is 1. The Morgan fingerprint density at radius 1 is 1.10 bits per heavy atom. The molecule has 2 saturated heterocycles. The van der Waals surface area contributed by atoms with Crippen molar-refractivity contribution >= 4 is 29.4 Å². The quantitative estimate of drug-likeness (QED) is 0.395. The van der Waals surface area contributed by atoms with Crippen LogP contribution >= 0.6 is 11.6 Å². The van der Waals surface area contributed by atoms with Crippen molar-refractivity contribution < 1.29 is 23.1 Å². The molecule has 0 N–H and O–H groups in total. The smallest absolute Gasteiger partial charge is 0.410 e.